The summed E-state index contributed by atoms with van der Waals surface area (Å²) in [7, 11) is 1.72. The molecule has 0 heterocycles. The lowest BCUT2D eigenvalue weighted by atomic mass is 10.1. The molecule has 1 aromatic carbocycles. The summed E-state index contributed by atoms with van der Waals surface area (Å²) < 4.78 is 5.11. The van der Waals surface area contributed by atoms with Crippen molar-refractivity contribution in [2.45, 2.75) is 26.5 Å². The Labute approximate surface area is 98.3 Å². The molecular weight excluding hydrogens is 198 g/mol. The number of benzene rings is 1. The van der Waals surface area contributed by atoms with Crippen LogP contribution in [0.2, 0.25) is 0 Å². The molecule has 1 aromatic rings. The molecule has 0 aliphatic heterocycles. The van der Waals surface area contributed by atoms with Crippen LogP contribution in [0.3, 0.4) is 0 Å². The van der Waals surface area contributed by atoms with Gasteiger partial charge in [0.15, 0.2) is 0 Å². The molecule has 0 saturated carbocycles. The van der Waals surface area contributed by atoms with Crippen molar-refractivity contribution in [2.75, 3.05) is 13.7 Å². The van der Waals surface area contributed by atoms with E-state index in [4.69, 9.17) is 4.74 Å². The summed E-state index contributed by atoms with van der Waals surface area (Å²) >= 11 is 0. The lowest BCUT2D eigenvalue weighted by Gasteiger charge is -2.06. The molecule has 2 nitrogen and oxygen atoms in total. The molecule has 16 heavy (non-hydrogen) atoms. The minimum absolute atomic E-state index is 0.413. The molecule has 0 aliphatic carbocycles. The Morgan fingerprint density at radius 3 is 2.94 bits per heavy atom. The van der Waals surface area contributed by atoms with Crippen LogP contribution in [-0.4, -0.2) is 19.7 Å². The summed E-state index contributed by atoms with van der Waals surface area (Å²) in [6.07, 6.45) is 4.32. The van der Waals surface area contributed by atoms with Gasteiger partial charge in [-0.15, -0.1) is 0 Å². The van der Waals surface area contributed by atoms with Gasteiger partial charge in [0.25, 0.3) is 0 Å². The highest BCUT2D eigenvalue weighted by atomic mass is 16.5. The molecule has 1 unspecified atom stereocenters. The highest BCUT2D eigenvalue weighted by Gasteiger charge is 1.94. The fourth-order valence-corrected chi connectivity index (χ4v) is 1.60. The van der Waals surface area contributed by atoms with Crippen molar-refractivity contribution in [1.29, 1.82) is 0 Å². The molecule has 0 spiro atoms. The van der Waals surface area contributed by atoms with Gasteiger partial charge in [-0.25, -0.2) is 0 Å². The third kappa shape index (κ3) is 4.60. The van der Waals surface area contributed by atoms with Crippen LogP contribution in [0.25, 0.3) is 6.08 Å². The third-order valence-electron chi connectivity index (χ3n) is 2.37. The van der Waals surface area contributed by atoms with Crippen LogP contribution in [0.15, 0.2) is 30.3 Å². The lowest BCUT2D eigenvalue weighted by Crippen LogP contribution is -2.22. The summed E-state index contributed by atoms with van der Waals surface area (Å²) in [5.74, 6) is 0. The summed E-state index contributed by atoms with van der Waals surface area (Å²) in [5.41, 5.74) is 2.43. The predicted molar refractivity (Wildman–Crippen MR) is 69.3 cm³/mol. The van der Waals surface area contributed by atoms with Gasteiger partial charge in [0.2, 0.25) is 0 Å². The Bertz CT molecular complexity index is 333. The van der Waals surface area contributed by atoms with Crippen molar-refractivity contribution in [1.82, 2.24) is 5.32 Å². The highest BCUT2D eigenvalue weighted by Crippen LogP contribution is 2.08. The van der Waals surface area contributed by atoms with Gasteiger partial charge in [-0.1, -0.05) is 37.3 Å². The number of likely N-dealkylation sites (N-methyl/N-ethyl adjacent to an activating group) is 1. The van der Waals surface area contributed by atoms with Gasteiger partial charge in [0, 0.05) is 13.2 Å². The van der Waals surface area contributed by atoms with Crippen molar-refractivity contribution in [2.24, 2.45) is 0 Å². The zero-order chi connectivity index (χ0) is 11.8. The minimum atomic E-state index is 0.413. The van der Waals surface area contributed by atoms with E-state index in [0.29, 0.717) is 12.6 Å². The summed E-state index contributed by atoms with van der Waals surface area (Å²) in [6, 6.07) is 8.81. The van der Waals surface area contributed by atoms with E-state index in [9.17, 15) is 0 Å². The van der Waals surface area contributed by atoms with E-state index in [0.717, 1.165) is 6.54 Å². The maximum absolute atomic E-state index is 5.11. The van der Waals surface area contributed by atoms with Gasteiger partial charge < -0.3 is 10.1 Å². The average molecular weight is 219 g/mol. The summed E-state index contributed by atoms with van der Waals surface area (Å²) in [5, 5.41) is 3.34. The molecule has 1 N–H and O–H groups in total. The Hall–Kier alpha value is -1.12. The quantitative estimate of drug-likeness (QED) is 0.794. The monoisotopic (exact) mass is 219 g/mol. The summed E-state index contributed by atoms with van der Waals surface area (Å²) in [6.45, 7) is 5.93. The van der Waals surface area contributed by atoms with E-state index in [1.165, 1.54) is 11.1 Å². The summed E-state index contributed by atoms with van der Waals surface area (Å²) in [4.78, 5) is 0. The lowest BCUT2D eigenvalue weighted by molar-refractivity contribution is 0.185. The van der Waals surface area contributed by atoms with E-state index in [-0.39, 0.29) is 0 Å². The second-order valence-corrected chi connectivity index (χ2v) is 3.88. The van der Waals surface area contributed by atoms with E-state index >= 15 is 0 Å². The van der Waals surface area contributed by atoms with Crippen molar-refractivity contribution >= 4 is 6.08 Å². The second-order valence-electron chi connectivity index (χ2n) is 3.88. The molecule has 0 radical (unpaired) electrons. The first-order valence-electron chi connectivity index (χ1n) is 5.75. The van der Waals surface area contributed by atoms with Crippen LogP contribution < -0.4 is 5.32 Å². The first-order valence-corrected chi connectivity index (χ1v) is 5.75. The van der Waals surface area contributed by atoms with Gasteiger partial charge in [-0.2, -0.15) is 0 Å². The van der Waals surface area contributed by atoms with Crippen LogP contribution in [0.1, 0.15) is 25.0 Å². The molecule has 0 fully saturated rings. The van der Waals surface area contributed by atoms with Crippen molar-refractivity contribution in [3.05, 3.63) is 41.5 Å². The first kappa shape index (κ1) is 12.9. The molecule has 0 bridgehead atoms. The van der Waals surface area contributed by atoms with E-state index in [1.54, 1.807) is 7.11 Å². The molecule has 1 atom stereocenters. The topological polar surface area (TPSA) is 21.3 Å². The van der Waals surface area contributed by atoms with Gasteiger partial charge in [-0.3, -0.25) is 0 Å². The molecule has 0 aromatic heterocycles. The smallest absolute Gasteiger partial charge is 0.0713 e. The molecule has 88 valence electrons. The minimum Gasteiger partial charge on any atom is -0.380 e. The average Bonchev–Trinajstić information content (AvgIpc) is 2.28. The van der Waals surface area contributed by atoms with Crippen LogP contribution >= 0.6 is 0 Å². The van der Waals surface area contributed by atoms with E-state index in [1.807, 2.05) is 0 Å². The molecular formula is C14H21NO. The van der Waals surface area contributed by atoms with Crippen molar-refractivity contribution < 1.29 is 4.74 Å². The number of hydrogen-bond donors (Lipinski definition) is 1. The third-order valence-corrected chi connectivity index (χ3v) is 2.37. The molecule has 0 aliphatic rings. The van der Waals surface area contributed by atoms with Crippen LogP contribution in [0.4, 0.5) is 0 Å². The Morgan fingerprint density at radius 1 is 1.44 bits per heavy atom. The Kier molecular flexibility index (Phi) is 5.83. The number of hydrogen-bond acceptors (Lipinski definition) is 2. The Morgan fingerprint density at radius 2 is 2.25 bits per heavy atom. The van der Waals surface area contributed by atoms with Gasteiger partial charge in [-0.05, 0) is 30.7 Å². The fourth-order valence-electron chi connectivity index (χ4n) is 1.60. The molecule has 0 saturated heterocycles. The van der Waals surface area contributed by atoms with Gasteiger partial charge in [0.1, 0.15) is 0 Å². The van der Waals surface area contributed by atoms with Crippen LogP contribution in [0.5, 0.6) is 0 Å². The van der Waals surface area contributed by atoms with Crippen molar-refractivity contribution in [3.63, 3.8) is 0 Å². The van der Waals surface area contributed by atoms with Gasteiger partial charge in [0.05, 0.1) is 6.61 Å². The number of ether oxygens (including phenoxy) is 1. The van der Waals surface area contributed by atoms with Crippen LogP contribution in [-0.2, 0) is 11.3 Å². The highest BCUT2D eigenvalue weighted by molar-refractivity contribution is 5.50. The molecule has 0 amide bonds. The van der Waals surface area contributed by atoms with Crippen molar-refractivity contribution in [3.8, 4) is 0 Å². The number of rotatable bonds is 6. The Balaban J connectivity index is 2.62. The number of methoxy groups -OCH3 is 1. The molecule has 2 heteroatoms. The van der Waals surface area contributed by atoms with E-state index in [2.05, 4.69) is 55.6 Å². The predicted octanol–water partition coefficient (Wildman–Crippen LogP) is 2.84. The fraction of sp³-hybridized carbons (Fsp3) is 0.429. The number of nitrogens with one attached hydrogen (secondary N) is 1. The first-order chi connectivity index (χ1) is 7.76. The largest absolute Gasteiger partial charge is 0.380 e. The second kappa shape index (κ2) is 7.20. The van der Waals surface area contributed by atoms with Gasteiger partial charge >= 0.3 is 0 Å². The van der Waals surface area contributed by atoms with E-state index < -0.39 is 0 Å². The maximum atomic E-state index is 5.11. The normalized spacial score (nSPS) is 13.2. The SMILES string of the molecule is CCNC(C)/C=C/c1cccc(COC)c1. The molecule has 1 rings (SSSR count). The zero-order valence-electron chi connectivity index (χ0n) is 10.4. The standard InChI is InChI=1S/C14H21NO/c1-4-15-12(2)8-9-13-6-5-7-14(10-13)11-16-3/h5-10,12,15H,4,11H2,1-3H3/b9-8+. The zero-order valence-corrected chi connectivity index (χ0v) is 10.4. The maximum Gasteiger partial charge on any atom is 0.0713 e. The van der Waals surface area contributed by atoms with Crippen LogP contribution in [0, 0.1) is 0 Å².